The molecule has 210 valence electrons. The van der Waals surface area contributed by atoms with Crippen LogP contribution in [0, 0.1) is 0 Å². The molecule has 1 aromatic heterocycles. The lowest BCUT2D eigenvalue weighted by molar-refractivity contribution is 0.0696. The van der Waals surface area contributed by atoms with Crippen molar-refractivity contribution in [3.8, 4) is 22.8 Å². The summed E-state index contributed by atoms with van der Waals surface area (Å²) in [5.74, 6) is 0.455. The Hall–Kier alpha value is -3.84. The summed E-state index contributed by atoms with van der Waals surface area (Å²) in [6, 6.07) is 22.6. The normalized spacial score (nSPS) is 11.2. The number of aromatic carboxylic acids is 1. The number of thiazole rings is 1. The van der Waals surface area contributed by atoms with Gasteiger partial charge in [-0.25, -0.2) is 9.78 Å². The van der Waals surface area contributed by atoms with E-state index >= 15 is 0 Å². The van der Waals surface area contributed by atoms with Crippen molar-refractivity contribution >= 4 is 23.0 Å². The fourth-order valence-electron chi connectivity index (χ4n) is 4.80. The maximum atomic E-state index is 11.4. The first-order valence-electron chi connectivity index (χ1n) is 13.8. The molecular weight excluding hydrogens is 520 g/mol. The lowest BCUT2D eigenvalue weighted by Gasteiger charge is -2.30. The zero-order valence-electron chi connectivity index (χ0n) is 23.9. The summed E-state index contributed by atoms with van der Waals surface area (Å²) < 4.78 is 11.0. The third kappa shape index (κ3) is 7.21. The van der Waals surface area contributed by atoms with Gasteiger partial charge in [0.05, 0.1) is 18.4 Å². The van der Waals surface area contributed by atoms with E-state index < -0.39 is 5.97 Å². The Labute approximate surface area is 241 Å². The minimum Gasteiger partial charge on any atom is -0.497 e. The van der Waals surface area contributed by atoms with Gasteiger partial charge in [-0.15, -0.1) is 11.3 Å². The third-order valence-electron chi connectivity index (χ3n) is 7.18. The van der Waals surface area contributed by atoms with Crippen molar-refractivity contribution in [2.24, 2.45) is 0 Å². The number of carbonyl (C=O) groups is 1. The van der Waals surface area contributed by atoms with Crippen LogP contribution >= 0.6 is 11.3 Å². The second-order valence-electron chi connectivity index (χ2n) is 10.1. The molecule has 4 aromatic rings. The highest BCUT2D eigenvalue weighted by molar-refractivity contribution is 7.09. The lowest BCUT2D eigenvalue weighted by Crippen LogP contribution is -2.30. The minimum atomic E-state index is -1.03. The van der Waals surface area contributed by atoms with Crippen molar-refractivity contribution in [1.29, 1.82) is 0 Å². The molecular formula is C33H38N2O4S. The van der Waals surface area contributed by atoms with E-state index in [2.05, 4.69) is 81.1 Å². The van der Waals surface area contributed by atoms with Crippen molar-refractivity contribution < 1.29 is 19.4 Å². The summed E-state index contributed by atoms with van der Waals surface area (Å²) in [5.41, 5.74) is 5.96. The molecule has 6 nitrogen and oxygen atoms in total. The van der Waals surface area contributed by atoms with Gasteiger partial charge in [-0.3, -0.25) is 0 Å². The number of rotatable bonds is 13. The number of methoxy groups -OCH3 is 1. The van der Waals surface area contributed by atoms with Crippen LogP contribution in [0.3, 0.4) is 0 Å². The van der Waals surface area contributed by atoms with Gasteiger partial charge in [-0.1, -0.05) is 50.2 Å². The summed E-state index contributed by atoms with van der Waals surface area (Å²) in [4.78, 5) is 18.5. The van der Waals surface area contributed by atoms with Crippen LogP contribution in [0.4, 0.5) is 5.69 Å². The van der Waals surface area contributed by atoms with Gasteiger partial charge in [0.15, 0.2) is 0 Å². The summed E-state index contributed by atoms with van der Waals surface area (Å²) in [7, 11) is 1.50. The largest absolute Gasteiger partial charge is 0.497 e. The van der Waals surface area contributed by atoms with E-state index in [9.17, 15) is 9.90 Å². The topological polar surface area (TPSA) is 71.9 Å². The summed E-state index contributed by atoms with van der Waals surface area (Å²) in [5, 5.41) is 12.1. The first-order chi connectivity index (χ1) is 19.3. The summed E-state index contributed by atoms with van der Waals surface area (Å²) in [6.45, 7) is 10.1. The average Bonchev–Trinajstić information content (AvgIpc) is 3.45. The van der Waals surface area contributed by atoms with Gasteiger partial charge >= 0.3 is 5.97 Å². The molecule has 7 heteroatoms. The summed E-state index contributed by atoms with van der Waals surface area (Å²) in [6.07, 6.45) is 2.33. The molecule has 0 amide bonds. The van der Waals surface area contributed by atoms with Gasteiger partial charge in [-0.05, 0) is 68.0 Å². The van der Waals surface area contributed by atoms with Crippen molar-refractivity contribution in [3.05, 3.63) is 93.8 Å². The quantitative estimate of drug-likeness (QED) is 0.178. The molecule has 0 atom stereocenters. The van der Waals surface area contributed by atoms with E-state index in [1.54, 1.807) is 6.07 Å². The highest BCUT2D eigenvalue weighted by Crippen LogP contribution is 2.29. The smallest absolute Gasteiger partial charge is 0.335 e. The molecule has 0 bridgehead atoms. The first kappa shape index (κ1) is 29.2. The number of carboxylic acid groups (broad SMARTS) is 1. The fourth-order valence-corrected chi connectivity index (χ4v) is 5.51. The fraction of sp³-hybridized carbons (Fsp3) is 0.333. The minimum absolute atomic E-state index is 0.115. The monoisotopic (exact) mass is 558 g/mol. The molecule has 1 N–H and O–H groups in total. The molecule has 0 radical (unpaired) electrons. The van der Waals surface area contributed by atoms with E-state index in [0.29, 0.717) is 23.5 Å². The second kappa shape index (κ2) is 13.5. The van der Waals surface area contributed by atoms with Gasteiger partial charge in [0.25, 0.3) is 0 Å². The zero-order chi connectivity index (χ0) is 28.6. The van der Waals surface area contributed by atoms with Gasteiger partial charge in [0, 0.05) is 35.3 Å². The molecule has 0 saturated heterocycles. The van der Waals surface area contributed by atoms with Crippen LogP contribution in [0.1, 0.15) is 72.9 Å². The Balaban J connectivity index is 1.41. The lowest BCUT2D eigenvalue weighted by atomic mass is 9.94. The molecule has 3 aromatic carbocycles. The van der Waals surface area contributed by atoms with Crippen LogP contribution in [0.2, 0.25) is 0 Å². The standard InChI is InChI=1S/C33H38N2O4S/c1-6-24(7-2)25-12-14-28(15-13-25)35(22(3)4)19-23-8-10-26(11-9-23)31-21-40-32(34-31)20-39-30-17-27(33(36)37)16-29(18-30)38-5/h8-18,21-22,24H,6-7,19-20H2,1-5H3,(H,36,37). The number of benzene rings is 3. The molecule has 40 heavy (non-hydrogen) atoms. The maximum Gasteiger partial charge on any atom is 0.335 e. The third-order valence-corrected chi connectivity index (χ3v) is 8.01. The SMILES string of the molecule is CCC(CC)c1ccc(N(Cc2ccc(-c3csc(COc4cc(OC)cc(C(=O)O)c4)n3)cc2)C(C)C)cc1. The average molecular weight is 559 g/mol. The molecule has 4 rings (SSSR count). The van der Waals surface area contributed by atoms with Crippen molar-refractivity contribution in [1.82, 2.24) is 4.98 Å². The maximum absolute atomic E-state index is 11.4. The van der Waals surface area contributed by atoms with Gasteiger partial charge < -0.3 is 19.5 Å². The number of carboxylic acids is 1. The van der Waals surface area contributed by atoms with Crippen LogP contribution in [0.15, 0.2) is 72.1 Å². The van der Waals surface area contributed by atoms with Crippen LogP contribution < -0.4 is 14.4 Å². The molecule has 0 aliphatic heterocycles. The zero-order valence-corrected chi connectivity index (χ0v) is 24.7. The molecule has 1 heterocycles. The second-order valence-corrected chi connectivity index (χ2v) is 11.1. The van der Waals surface area contributed by atoms with Crippen molar-refractivity contribution in [2.75, 3.05) is 12.0 Å². The molecule has 0 aliphatic rings. The molecule has 0 fully saturated rings. The Morgan fingerprint density at radius 2 is 1.65 bits per heavy atom. The number of aromatic nitrogens is 1. The van der Waals surface area contributed by atoms with Gasteiger partial charge in [0.2, 0.25) is 0 Å². The van der Waals surface area contributed by atoms with Gasteiger partial charge in [0.1, 0.15) is 23.1 Å². The van der Waals surface area contributed by atoms with Crippen LogP contribution in [0.25, 0.3) is 11.3 Å². The Morgan fingerprint density at radius 3 is 2.25 bits per heavy atom. The number of hydrogen-bond donors (Lipinski definition) is 1. The number of anilines is 1. The van der Waals surface area contributed by atoms with Crippen LogP contribution in [0.5, 0.6) is 11.5 Å². The van der Waals surface area contributed by atoms with Crippen molar-refractivity contribution in [2.45, 2.75) is 65.6 Å². The molecule has 0 saturated carbocycles. The van der Waals surface area contributed by atoms with Crippen LogP contribution in [-0.4, -0.2) is 29.2 Å². The number of ether oxygens (including phenoxy) is 2. The molecule has 0 spiro atoms. The van der Waals surface area contributed by atoms with Gasteiger partial charge in [-0.2, -0.15) is 0 Å². The number of nitrogens with zero attached hydrogens (tertiary/aromatic N) is 2. The predicted molar refractivity (Wildman–Crippen MR) is 163 cm³/mol. The Morgan fingerprint density at radius 1 is 0.975 bits per heavy atom. The molecule has 0 unspecified atom stereocenters. The summed E-state index contributed by atoms with van der Waals surface area (Å²) >= 11 is 1.51. The first-order valence-corrected chi connectivity index (χ1v) is 14.6. The number of hydrogen-bond acceptors (Lipinski definition) is 6. The molecule has 0 aliphatic carbocycles. The van der Waals surface area contributed by atoms with Crippen LogP contribution in [-0.2, 0) is 13.2 Å². The van der Waals surface area contributed by atoms with E-state index in [1.165, 1.54) is 60.2 Å². The Bertz CT molecular complexity index is 1390. The van der Waals surface area contributed by atoms with E-state index in [-0.39, 0.29) is 12.2 Å². The van der Waals surface area contributed by atoms with E-state index in [1.807, 2.05) is 5.38 Å². The van der Waals surface area contributed by atoms with E-state index in [0.717, 1.165) is 22.8 Å². The Kier molecular flexibility index (Phi) is 9.83. The highest BCUT2D eigenvalue weighted by Gasteiger charge is 2.14. The van der Waals surface area contributed by atoms with E-state index in [4.69, 9.17) is 14.5 Å². The predicted octanol–water partition coefficient (Wildman–Crippen LogP) is 8.41. The van der Waals surface area contributed by atoms with Crippen molar-refractivity contribution in [3.63, 3.8) is 0 Å². The highest BCUT2D eigenvalue weighted by atomic mass is 32.1.